The van der Waals surface area contributed by atoms with Gasteiger partial charge in [-0.15, -0.1) is 0 Å². The fraction of sp³-hybridized carbons (Fsp3) is 0.571. The number of amides is 1. The molecular formula is C14H21N3O2. The number of ether oxygens (including phenoxy) is 1. The van der Waals surface area contributed by atoms with Crippen LogP contribution in [-0.2, 0) is 11.3 Å². The Hall–Kier alpha value is -1.78. The van der Waals surface area contributed by atoms with Crippen LogP contribution in [0.15, 0.2) is 12.8 Å². The fourth-order valence-electron chi connectivity index (χ4n) is 2.25. The van der Waals surface area contributed by atoms with Crippen molar-refractivity contribution in [3.63, 3.8) is 0 Å². The molecule has 1 aromatic heterocycles. The minimum atomic E-state index is -0.476. The summed E-state index contributed by atoms with van der Waals surface area (Å²) in [5, 5.41) is 0. The molecule has 104 valence electrons. The molecule has 0 N–H and O–H groups in total. The summed E-state index contributed by atoms with van der Waals surface area (Å²) in [6, 6.07) is -0.0858. The molecule has 0 fully saturated rings. The van der Waals surface area contributed by atoms with E-state index >= 15 is 0 Å². The van der Waals surface area contributed by atoms with Crippen LogP contribution in [0.4, 0.5) is 4.79 Å². The third-order valence-electron chi connectivity index (χ3n) is 3.16. The zero-order valence-electron chi connectivity index (χ0n) is 12.0. The average molecular weight is 263 g/mol. The first-order valence-electron chi connectivity index (χ1n) is 6.51. The van der Waals surface area contributed by atoms with Gasteiger partial charge in [0.05, 0.1) is 17.9 Å². The van der Waals surface area contributed by atoms with Crippen LogP contribution in [0, 0.1) is 0 Å². The zero-order valence-corrected chi connectivity index (χ0v) is 12.0. The van der Waals surface area contributed by atoms with Gasteiger partial charge in [0, 0.05) is 13.1 Å². The Balaban J connectivity index is 2.19. The third kappa shape index (κ3) is 2.64. The highest BCUT2D eigenvalue weighted by molar-refractivity contribution is 5.69. The molecule has 0 aromatic carbocycles. The number of aromatic nitrogens is 2. The minimum absolute atomic E-state index is 0.0858. The zero-order chi connectivity index (χ0) is 14.2. The molecule has 1 aliphatic heterocycles. The molecular weight excluding hydrogens is 242 g/mol. The van der Waals surface area contributed by atoms with Gasteiger partial charge >= 0.3 is 6.09 Å². The van der Waals surface area contributed by atoms with Crippen LogP contribution >= 0.6 is 0 Å². The molecule has 0 bridgehead atoms. The Morgan fingerprint density at radius 1 is 1.53 bits per heavy atom. The molecule has 5 nitrogen and oxygen atoms in total. The number of carbonyl (C=O) groups excluding carboxylic acids is 1. The average Bonchev–Trinajstić information content (AvgIpc) is 2.70. The number of rotatable bonds is 1. The maximum atomic E-state index is 12.2. The van der Waals surface area contributed by atoms with Gasteiger partial charge < -0.3 is 9.30 Å². The van der Waals surface area contributed by atoms with Crippen molar-refractivity contribution < 1.29 is 9.53 Å². The van der Waals surface area contributed by atoms with Crippen LogP contribution in [0.3, 0.4) is 0 Å². The van der Waals surface area contributed by atoms with Gasteiger partial charge in [-0.25, -0.2) is 9.78 Å². The summed E-state index contributed by atoms with van der Waals surface area (Å²) in [6.45, 7) is 12.7. The summed E-state index contributed by atoms with van der Waals surface area (Å²) in [4.78, 5) is 18.3. The summed E-state index contributed by atoms with van der Waals surface area (Å²) in [5.41, 5.74) is 0.515. The lowest BCUT2D eigenvalue weighted by molar-refractivity contribution is 0.0120. The Morgan fingerprint density at radius 2 is 2.21 bits per heavy atom. The van der Waals surface area contributed by atoms with E-state index in [1.807, 2.05) is 27.7 Å². The van der Waals surface area contributed by atoms with Crippen molar-refractivity contribution in [2.75, 3.05) is 6.54 Å². The van der Waals surface area contributed by atoms with Crippen molar-refractivity contribution >= 4 is 12.2 Å². The Labute approximate surface area is 113 Å². The highest BCUT2D eigenvalue weighted by Crippen LogP contribution is 2.27. The molecule has 1 atom stereocenters. The van der Waals surface area contributed by atoms with E-state index in [4.69, 9.17) is 4.74 Å². The van der Waals surface area contributed by atoms with Crippen LogP contribution in [0.5, 0.6) is 0 Å². The second-order valence-corrected chi connectivity index (χ2v) is 5.75. The van der Waals surface area contributed by atoms with Crippen molar-refractivity contribution in [2.45, 2.75) is 45.9 Å². The van der Waals surface area contributed by atoms with E-state index in [1.165, 1.54) is 0 Å². The highest BCUT2D eigenvalue weighted by Gasteiger charge is 2.32. The van der Waals surface area contributed by atoms with Crippen LogP contribution in [0.2, 0.25) is 0 Å². The molecule has 2 rings (SSSR count). The van der Waals surface area contributed by atoms with Gasteiger partial charge in [0.15, 0.2) is 0 Å². The molecule has 5 heteroatoms. The highest BCUT2D eigenvalue weighted by atomic mass is 16.6. The predicted molar refractivity (Wildman–Crippen MR) is 73.7 cm³/mol. The van der Waals surface area contributed by atoms with E-state index in [9.17, 15) is 4.79 Å². The Morgan fingerprint density at radius 3 is 2.79 bits per heavy atom. The number of imidazole rings is 1. The van der Waals surface area contributed by atoms with Crippen LogP contribution in [-0.4, -0.2) is 32.7 Å². The standard InChI is InChI=1S/C14H21N3O2/c1-6-11-9-15-12-10(2)16(7-8-17(11)12)13(18)19-14(3,4)5/h6,9-10H,1,7-8H2,2-5H3/t10-/m0/s1. The van der Waals surface area contributed by atoms with Gasteiger partial charge in [0.1, 0.15) is 11.4 Å². The van der Waals surface area contributed by atoms with E-state index in [1.54, 1.807) is 17.2 Å². The molecule has 0 radical (unpaired) electrons. The summed E-state index contributed by atoms with van der Waals surface area (Å²) >= 11 is 0. The summed E-state index contributed by atoms with van der Waals surface area (Å²) in [7, 11) is 0. The topological polar surface area (TPSA) is 47.4 Å². The molecule has 0 aliphatic carbocycles. The molecule has 19 heavy (non-hydrogen) atoms. The van der Waals surface area contributed by atoms with Gasteiger partial charge in [-0.3, -0.25) is 4.90 Å². The largest absolute Gasteiger partial charge is 0.444 e. The Bertz CT molecular complexity index is 499. The van der Waals surface area contributed by atoms with Crippen molar-refractivity contribution in [2.24, 2.45) is 0 Å². The first-order chi connectivity index (χ1) is 8.83. The fourth-order valence-corrected chi connectivity index (χ4v) is 2.25. The molecule has 1 aromatic rings. The van der Waals surface area contributed by atoms with Gasteiger partial charge in [0.25, 0.3) is 0 Å². The quantitative estimate of drug-likeness (QED) is 0.782. The third-order valence-corrected chi connectivity index (χ3v) is 3.16. The predicted octanol–water partition coefficient (Wildman–Crippen LogP) is 2.84. The van der Waals surface area contributed by atoms with Crippen LogP contribution in [0.1, 0.15) is 45.3 Å². The van der Waals surface area contributed by atoms with Gasteiger partial charge in [-0.1, -0.05) is 6.58 Å². The molecule has 0 unspecified atom stereocenters. The van der Waals surface area contributed by atoms with Crippen molar-refractivity contribution in [3.05, 3.63) is 24.3 Å². The first kappa shape index (κ1) is 13.6. The number of hydrogen-bond donors (Lipinski definition) is 0. The van der Waals surface area contributed by atoms with E-state index in [-0.39, 0.29) is 12.1 Å². The van der Waals surface area contributed by atoms with Gasteiger partial charge in [-0.2, -0.15) is 0 Å². The molecule has 0 spiro atoms. The SMILES string of the molecule is C=Cc1cnc2n1CCN(C(=O)OC(C)(C)C)[C@H]2C. The summed E-state index contributed by atoms with van der Waals surface area (Å²) < 4.78 is 7.52. The van der Waals surface area contributed by atoms with Crippen molar-refractivity contribution in [1.82, 2.24) is 14.5 Å². The van der Waals surface area contributed by atoms with Crippen LogP contribution < -0.4 is 0 Å². The molecule has 1 amide bonds. The lowest BCUT2D eigenvalue weighted by atomic mass is 10.2. The smallest absolute Gasteiger partial charge is 0.410 e. The van der Waals surface area contributed by atoms with E-state index in [0.717, 1.165) is 18.1 Å². The number of hydrogen-bond acceptors (Lipinski definition) is 3. The second kappa shape index (κ2) is 4.72. The number of nitrogens with zero attached hydrogens (tertiary/aromatic N) is 3. The minimum Gasteiger partial charge on any atom is -0.444 e. The maximum absolute atomic E-state index is 12.2. The lowest BCUT2D eigenvalue weighted by Gasteiger charge is -2.35. The monoisotopic (exact) mass is 263 g/mol. The molecule has 0 saturated carbocycles. The van der Waals surface area contributed by atoms with E-state index in [0.29, 0.717) is 6.54 Å². The number of fused-ring (bicyclic) bond motifs is 1. The van der Waals surface area contributed by atoms with E-state index < -0.39 is 5.60 Å². The maximum Gasteiger partial charge on any atom is 0.410 e. The first-order valence-corrected chi connectivity index (χ1v) is 6.51. The van der Waals surface area contributed by atoms with Crippen LogP contribution in [0.25, 0.3) is 6.08 Å². The second-order valence-electron chi connectivity index (χ2n) is 5.75. The number of carbonyl (C=O) groups is 1. The summed E-state index contributed by atoms with van der Waals surface area (Å²) in [6.07, 6.45) is 3.29. The van der Waals surface area contributed by atoms with E-state index in [2.05, 4.69) is 16.1 Å². The van der Waals surface area contributed by atoms with Gasteiger partial charge in [-0.05, 0) is 33.8 Å². The van der Waals surface area contributed by atoms with Crippen molar-refractivity contribution in [3.8, 4) is 0 Å². The molecule has 0 saturated heterocycles. The van der Waals surface area contributed by atoms with Gasteiger partial charge in [0.2, 0.25) is 0 Å². The molecule has 1 aliphatic rings. The van der Waals surface area contributed by atoms with Crippen molar-refractivity contribution in [1.29, 1.82) is 0 Å². The summed E-state index contributed by atoms with van der Waals surface area (Å²) in [5.74, 6) is 0.881. The Kier molecular flexibility index (Phi) is 3.39. The normalized spacial score (nSPS) is 18.9. The lowest BCUT2D eigenvalue weighted by Crippen LogP contribution is -2.44. The molecule has 2 heterocycles.